The standard InChI is InChI=1S/C2H5N2/c1-2-4-3-1/h1,3-4H,2H2. The Morgan fingerprint density at radius 3 is 2.00 bits per heavy atom. The Kier molecular flexibility index (Phi) is 0.381. The van der Waals surface area contributed by atoms with Crippen LogP contribution < -0.4 is 10.9 Å². The summed E-state index contributed by atoms with van der Waals surface area (Å²) in [6.07, 6.45) is 0. The normalized spacial score (nSPS) is 24.0. The molecule has 1 fully saturated rings. The topological polar surface area (TPSA) is 24.1 Å². The molecular formula is C2H5N2. The third kappa shape index (κ3) is 0.106. The van der Waals surface area contributed by atoms with Gasteiger partial charge in [-0.05, 0) is 0 Å². The number of hydrogen-bond donors (Lipinski definition) is 2. The van der Waals surface area contributed by atoms with Crippen LogP contribution in [0, 0.1) is 6.54 Å². The summed E-state index contributed by atoms with van der Waals surface area (Å²) in [4.78, 5) is 0. The lowest BCUT2D eigenvalue weighted by atomic mass is 10.6. The van der Waals surface area contributed by atoms with E-state index >= 15 is 0 Å². The van der Waals surface area contributed by atoms with E-state index in [0.717, 1.165) is 6.54 Å². The Hall–Kier alpha value is -0.0800. The van der Waals surface area contributed by atoms with Gasteiger partial charge in [0.15, 0.2) is 0 Å². The number of rotatable bonds is 0. The summed E-state index contributed by atoms with van der Waals surface area (Å²) in [6.45, 7) is 2.96. The zero-order valence-corrected chi connectivity index (χ0v) is 2.28. The highest BCUT2D eigenvalue weighted by molar-refractivity contribution is 4.69. The van der Waals surface area contributed by atoms with Crippen molar-refractivity contribution in [1.82, 2.24) is 10.9 Å². The predicted octanol–water partition coefficient (Wildman–Crippen LogP) is -0.744. The monoisotopic (exact) mass is 57.0 g/mol. The van der Waals surface area contributed by atoms with Crippen molar-refractivity contribution in [2.45, 2.75) is 0 Å². The highest BCUT2D eigenvalue weighted by Gasteiger charge is 1.91. The minimum Gasteiger partial charge on any atom is -0.256 e. The van der Waals surface area contributed by atoms with Gasteiger partial charge in [-0.15, -0.1) is 0 Å². The zero-order valence-electron chi connectivity index (χ0n) is 2.28. The van der Waals surface area contributed by atoms with Gasteiger partial charge in [0.1, 0.15) is 0 Å². The molecule has 1 rings (SSSR count). The molecule has 0 amide bonds. The summed E-state index contributed by atoms with van der Waals surface area (Å²) in [7, 11) is 0. The van der Waals surface area contributed by atoms with Gasteiger partial charge < -0.3 is 0 Å². The molecule has 0 aromatic rings. The molecular weight excluding hydrogens is 52.0 g/mol. The zero-order chi connectivity index (χ0) is 2.83. The van der Waals surface area contributed by atoms with Gasteiger partial charge in [-0.2, -0.15) is 0 Å². The van der Waals surface area contributed by atoms with E-state index in [4.69, 9.17) is 0 Å². The van der Waals surface area contributed by atoms with E-state index in [1.165, 1.54) is 0 Å². The van der Waals surface area contributed by atoms with Gasteiger partial charge in [0.05, 0.1) is 6.54 Å². The van der Waals surface area contributed by atoms with Gasteiger partial charge in [-0.1, -0.05) is 0 Å². The van der Waals surface area contributed by atoms with E-state index in [1.54, 1.807) is 0 Å². The maximum absolute atomic E-state index is 2.81. The van der Waals surface area contributed by atoms with E-state index in [1.807, 2.05) is 6.54 Å². The molecule has 0 aliphatic carbocycles. The van der Waals surface area contributed by atoms with Gasteiger partial charge in [0, 0.05) is 6.54 Å². The molecule has 4 heavy (non-hydrogen) atoms. The summed E-state index contributed by atoms with van der Waals surface area (Å²) < 4.78 is 0. The molecule has 0 spiro atoms. The van der Waals surface area contributed by atoms with Crippen molar-refractivity contribution in [1.29, 1.82) is 0 Å². The largest absolute Gasteiger partial charge is 0.256 e. The van der Waals surface area contributed by atoms with E-state index in [-0.39, 0.29) is 0 Å². The van der Waals surface area contributed by atoms with Crippen molar-refractivity contribution in [3.8, 4) is 0 Å². The summed E-state index contributed by atoms with van der Waals surface area (Å²) in [5, 5.41) is 0. The molecule has 2 nitrogen and oxygen atoms in total. The molecule has 1 aliphatic heterocycles. The smallest absolute Gasteiger partial charge is 0.0531 e. The van der Waals surface area contributed by atoms with Crippen LogP contribution in [0.4, 0.5) is 0 Å². The minimum atomic E-state index is 1.01. The van der Waals surface area contributed by atoms with E-state index in [0.29, 0.717) is 0 Å². The number of hydrazine groups is 1. The van der Waals surface area contributed by atoms with Gasteiger partial charge in [0.2, 0.25) is 0 Å². The molecule has 23 valence electrons. The van der Waals surface area contributed by atoms with Crippen LogP contribution in [0.5, 0.6) is 0 Å². The first-order valence-electron chi connectivity index (χ1n) is 1.30. The van der Waals surface area contributed by atoms with Crippen LogP contribution in [0.2, 0.25) is 0 Å². The average molecular weight is 57.1 g/mol. The van der Waals surface area contributed by atoms with Crippen molar-refractivity contribution in [3.05, 3.63) is 6.54 Å². The van der Waals surface area contributed by atoms with Crippen molar-refractivity contribution < 1.29 is 0 Å². The van der Waals surface area contributed by atoms with Gasteiger partial charge in [0.25, 0.3) is 0 Å². The maximum Gasteiger partial charge on any atom is 0.0531 e. The average Bonchev–Trinajstić information content (AvgIpc) is 0.722. The second kappa shape index (κ2) is 0.701. The summed E-state index contributed by atoms with van der Waals surface area (Å²) in [6, 6.07) is 0. The molecule has 0 atom stereocenters. The van der Waals surface area contributed by atoms with E-state index in [2.05, 4.69) is 10.9 Å². The lowest BCUT2D eigenvalue weighted by Gasteiger charge is -2.12. The molecule has 0 unspecified atom stereocenters. The molecule has 1 radical (unpaired) electrons. The molecule has 2 heteroatoms. The fraction of sp³-hybridized carbons (Fsp3) is 0.500. The van der Waals surface area contributed by atoms with Gasteiger partial charge >= 0.3 is 0 Å². The first-order valence-corrected chi connectivity index (χ1v) is 1.30. The van der Waals surface area contributed by atoms with Crippen molar-refractivity contribution in [2.24, 2.45) is 0 Å². The minimum absolute atomic E-state index is 1.01. The summed E-state index contributed by atoms with van der Waals surface area (Å²) >= 11 is 0. The third-order valence-electron chi connectivity index (χ3n) is 0.408. The van der Waals surface area contributed by atoms with Crippen LogP contribution >= 0.6 is 0 Å². The molecule has 0 bridgehead atoms. The lowest BCUT2D eigenvalue weighted by Crippen LogP contribution is -2.44. The molecule has 1 heterocycles. The van der Waals surface area contributed by atoms with Crippen LogP contribution in [0.3, 0.4) is 0 Å². The Labute approximate surface area is 25.2 Å². The van der Waals surface area contributed by atoms with Crippen LogP contribution in [0.15, 0.2) is 0 Å². The Morgan fingerprint density at radius 1 is 1.75 bits per heavy atom. The molecule has 0 aromatic carbocycles. The molecule has 1 saturated heterocycles. The Balaban J connectivity index is 2.00. The van der Waals surface area contributed by atoms with Gasteiger partial charge in [-0.3, -0.25) is 10.9 Å². The first kappa shape index (κ1) is 2.18. The van der Waals surface area contributed by atoms with Crippen molar-refractivity contribution in [3.63, 3.8) is 0 Å². The highest BCUT2D eigenvalue weighted by atomic mass is 15.4. The fourth-order valence-electron chi connectivity index (χ4n) is 0.102. The molecule has 2 N–H and O–H groups in total. The van der Waals surface area contributed by atoms with Crippen LogP contribution in [-0.4, -0.2) is 6.54 Å². The third-order valence-corrected chi connectivity index (χ3v) is 0.408. The Bertz CT molecular complexity index is 12.0. The molecule has 1 aliphatic rings. The number of nitrogens with one attached hydrogen (secondary N) is 2. The predicted molar refractivity (Wildman–Crippen MR) is 15.4 cm³/mol. The van der Waals surface area contributed by atoms with E-state index < -0.39 is 0 Å². The summed E-state index contributed by atoms with van der Waals surface area (Å²) in [5.74, 6) is 0. The fourth-order valence-corrected chi connectivity index (χ4v) is 0.102. The molecule has 0 saturated carbocycles. The van der Waals surface area contributed by atoms with E-state index in [9.17, 15) is 0 Å². The van der Waals surface area contributed by atoms with Crippen molar-refractivity contribution in [2.75, 3.05) is 6.54 Å². The number of hydrogen-bond acceptors (Lipinski definition) is 2. The highest BCUT2D eigenvalue weighted by Crippen LogP contribution is 1.67. The summed E-state index contributed by atoms with van der Waals surface area (Å²) in [5.41, 5.74) is 5.54. The van der Waals surface area contributed by atoms with Crippen LogP contribution in [-0.2, 0) is 0 Å². The SMILES string of the molecule is [CH]1CNN1. The Morgan fingerprint density at radius 2 is 2.00 bits per heavy atom. The maximum atomic E-state index is 2.81. The molecule has 0 aromatic heterocycles. The van der Waals surface area contributed by atoms with Crippen LogP contribution in [0.1, 0.15) is 0 Å². The second-order valence-corrected chi connectivity index (χ2v) is 0.729. The lowest BCUT2D eigenvalue weighted by molar-refractivity contribution is 0.499. The van der Waals surface area contributed by atoms with Crippen molar-refractivity contribution >= 4 is 0 Å². The second-order valence-electron chi connectivity index (χ2n) is 0.729. The van der Waals surface area contributed by atoms with Crippen LogP contribution in [0.25, 0.3) is 0 Å². The quantitative estimate of drug-likeness (QED) is 0.382. The van der Waals surface area contributed by atoms with Gasteiger partial charge in [-0.25, -0.2) is 0 Å². The first-order chi connectivity index (χ1) is 2.00.